The Balaban J connectivity index is 1.81. The average Bonchev–Trinajstić information content (AvgIpc) is 2.89. The highest BCUT2D eigenvalue weighted by atomic mass is 15.0. The minimum absolute atomic E-state index is 0.984. The summed E-state index contributed by atoms with van der Waals surface area (Å²) in [6.07, 6.45) is 6.73. The van der Waals surface area contributed by atoms with E-state index in [2.05, 4.69) is 52.0 Å². The quantitative estimate of drug-likeness (QED) is 0.665. The van der Waals surface area contributed by atoms with Gasteiger partial charge in [-0.3, -0.25) is 0 Å². The maximum atomic E-state index is 4.05. The zero-order valence-electron chi connectivity index (χ0n) is 9.58. The van der Waals surface area contributed by atoms with Crippen molar-refractivity contribution in [1.29, 1.82) is 0 Å². The van der Waals surface area contributed by atoms with Gasteiger partial charge in [0, 0.05) is 18.9 Å². The number of nitrogens with zero attached hydrogens (tertiary/aromatic N) is 2. The van der Waals surface area contributed by atoms with Gasteiger partial charge in [-0.25, -0.2) is 4.98 Å². The number of aryl methyl sites for hydroxylation is 2. The Morgan fingerprint density at radius 3 is 2.71 bits per heavy atom. The van der Waals surface area contributed by atoms with Crippen LogP contribution in [0.4, 0.5) is 0 Å². The molecule has 0 radical (unpaired) electrons. The molecule has 2 nitrogen and oxygen atoms in total. The van der Waals surface area contributed by atoms with E-state index >= 15 is 0 Å². The Kier molecular flexibility index (Phi) is 2.62. The summed E-state index contributed by atoms with van der Waals surface area (Å²) in [5, 5.41) is 2.62. The van der Waals surface area contributed by atoms with Crippen molar-refractivity contribution in [2.75, 3.05) is 0 Å². The minimum Gasteiger partial charge on any atom is -0.337 e. The molecule has 0 unspecified atom stereocenters. The largest absolute Gasteiger partial charge is 0.337 e. The van der Waals surface area contributed by atoms with Gasteiger partial charge in [-0.05, 0) is 22.8 Å². The van der Waals surface area contributed by atoms with Crippen LogP contribution in [0.3, 0.4) is 0 Å². The van der Waals surface area contributed by atoms with Gasteiger partial charge in [0.1, 0.15) is 0 Å². The van der Waals surface area contributed by atoms with Gasteiger partial charge in [-0.15, -0.1) is 0 Å². The van der Waals surface area contributed by atoms with Crippen LogP contribution in [0.1, 0.15) is 5.56 Å². The lowest BCUT2D eigenvalue weighted by Crippen LogP contribution is -1.98. The monoisotopic (exact) mass is 222 g/mol. The number of hydrogen-bond donors (Lipinski definition) is 0. The van der Waals surface area contributed by atoms with Gasteiger partial charge in [0.2, 0.25) is 0 Å². The van der Waals surface area contributed by atoms with Crippen molar-refractivity contribution >= 4 is 10.8 Å². The summed E-state index contributed by atoms with van der Waals surface area (Å²) in [6.45, 7) is 0.984. The minimum atomic E-state index is 0.984. The maximum Gasteiger partial charge on any atom is 0.0946 e. The fourth-order valence-corrected chi connectivity index (χ4v) is 2.07. The normalized spacial score (nSPS) is 10.8. The number of hydrogen-bond acceptors (Lipinski definition) is 1. The molecule has 0 aliphatic rings. The number of imidazole rings is 1. The van der Waals surface area contributed by atoms with Gasteiger partial charge < -0.3 is 4.57 Å². The molecule has 0 saturated heterocycles. The first-order valence-corrected chi connectivity index (χ1v) is 5.85. The molecular formula is C15H14N2. The van der Waals surface area contributed by atoms with Crippen molar-refractivity contribution in [2.45, 2.75) is 13.0 Å². The molecule has 2 aromatic carbocycles. The molecule has 2 heteroatoms. The van der Waals surface area contributed by atoms with E-state index in [1.54, 1.807) is 0 Å². The Morgan fingerprint density at radius 1 is 1.00 bits per heavy atom. The lowest BCUT2D eigenvalue weighted by Gasteiger charge is -2.04. The molecule has 0 N–H and O–H groups in total. The molecular weight excluding hydrogens is 208 g/mol. The van der Waals surface area contributed by atoms with Crippen molar-refractivity contribution in [3.63, 3.8) is 0 Å². The summed E-state index contributed by atoms with van der Waals surface area (Å²) >= 11 is 0. The standard InChI is InChI=1S/C15H14N2/c1-2-4-15-11-13(5-6-14(15)3-1)7-9-17-10-8-16-12-17/h1-6,8,10-12H,7,9H2. The summed E-state index contributed by atoms with van der Waals surface area (Å²) in [7, 11) is 0. The van der Waals surface area contributed by atoms with Gasteiger partial charge in [0.25, 0.3) is 0 Å². The molecule has 0 aliphatic carbocycles. The maximum absolute atomic E-state index is 4.05. The van der Waals surface area contributed by atoms with Crippen molar-refractivity contribution in [1.82, 2.24) is 9.55 Å². The van der Waals surface area contributed by atoms with Crippen LogP contribution in [0, 0.1) is 0 Å². The summed E-state index contributed by atoms with van der Waals surface area (Å²) in [5.41, 5.74) is 1.37. The molecule has 0 spiro atoms. The van der Waals surface area contributed by atoms with E-state index < -0.39 is 0 Å². The van der Waals surface area contributed by atoms with E-state index in [0.29, 0.717) is 0 Å². The number of rotatable bonds is 3. The first-order chi connectivity index (χ1) is 8.42. The van der Waals surface area contributed by atoms with E-state index in [-0.39, 0.29) is 0 Å². The van der Waals surface area contributed by atoms with Crippen LogP contribution in [0.5, 0.6) is 0 Å². The Morgan fingerprint density at radius 2 is 1.88 bits per heavy atom. The summed E-state index contributed by atoms with van der Waals surface area (Å²) in [6, 6.07) is 15.1. The lowest BCUT2D eigenvalue weighted by molar-refractivity contribution is 0.696. The highest BCUT2D eigenvalue weighted by molar-refractivity contribution is 5.82. The van der Waals surface area contributed by atoms with Gasteiger partial charge in [0.15, 0.2) is 0 Å². The van der Waals surface area contributed by atoms with E-state index in [0.717, 1.165) is 13.0 Å². The van der Waals surface area contributed by atoms with Crippen LogP contribution in [0.25, 0.3) is 10.8 Å². The Labute approximate surface area is 101 Å². The summed E-state index contributed by atoms with van der Waals surface area (Å²) in [4.78, 5) is 4.05. The molecule has 0 atom stereocenters. The number of benzene rings is 2. The summed E-state index contributed by atoms with van der Waals surface area (Å²) in [5.74, 6) is 0. The molecule has 84 valence electrons. The van der Waals surface area contributed by atoms with Crippen LogP contribution in [0.15, 0.2) is 61.2 Å². The number of fused-ring (bicyclic) bond motifs is 1. The first kappa shape index (κ1) is 10.1. The predicted molar refractivity (Wildman–Crippen MR) is 69.9 cm³/mol. The van der Waals surface area contributed by atoms with Gasteiger partial charge in [-0.1, -0.05) is 42.5 Å². The molecule has 0 aliphatic heterocycles. The van der Waals surface area contributed by atoms with E-state index in [1.165, 1.54) is 16.3 Å². The van der Waals surface area contributed by atoms with Crippen molar-refractivity contribution in [3.05, 3.63) is 66.7 Å². The molecule has 0 amide bonds. The van der Waals surface area contributed by atoms with Gasteiger partial charge in [0.05, 0.1) is 6.33 Å². The third-order valence-corrected chi connectivity index (χ3v) is 3.03. The van der Waals surface area contributed by atoms with E-state index in [9.17, 15) is 0 Å². The second-order valence-electron chi connectivity index (χ2n) is 4.23. The first-order valence-electron chi connectivity index (χ1n) is 5.85. The zero-order valence-corrected chi connectivity index (χ0v) is 9.58. The average molecular weight is 222 g/mol. The van der Waals surface area contributed by atoms with Crippen LogP contribution >= 0.6 is 0 Å². The molecule has 3 rings (SSSR count). The molecule has 0 saturated carbocycles. The highest BCUT2D eigenvalue weighted by Gasteiger charge is 1.97. The fraction of sp³-hybridized carbons (Fsp3) is 0.133. The van der Waals surface area contributed by atoms with Crippen LogP contribution in [-0.2, 0) is 13.0 Å². The molecule has 0 bridgehead atoms. The number of aromatic nitrogens is 2. The molecule has 1 heterocycles. The van der Waals surface area contributed by atoms with Gasteiger partial charge >= 0.3 is 0 Å². The van der Waals surface area contributed by atoms with Crippen LogP contribution in [-0.4, -0.2) is 9.55 Å². The van der Waals surface area contributed by atoms with Crippen molar-refractivity contribution < 1.29 is 0 Å². The van der Waals surface area contributed by atoms with Crippen LogP contribution < -0.4 is 0 Å². The Hall–Kier alpha value is -2.09. The SMILES string of the molecule is c1ccc2cc(CCn3ccnc3)ccc2c1. The molecule has 17 heavy (non-hydrogen) atoms. The third kappa shape index (κ3) is 2.21. The second-order valence-corrected chi connectivity index (χ2v) is 4.23. The molecule has 1 aromatic heterocycles. The second kappa shape index (κ2) is 4.42. The molecule has 3 aromatic rings. The lowest BCUT2D eigenvalue weighted by atomic mass is 10.1. The topological polar surface area (TPSA) is 17.8 Å². The van der Waals surface area contributed by atoms with E-state index in [4.69, 9.17) is 0 Å². The van der Waals surface area contributed by atoms with Crippen LogP contribution in [0.2, 0.25) is 0 Å². The predicted octanol–water partition coefficient (Wildman–Crippen LogP) is 3.28. The highest BCUT2D eigenvalue weighted by Crippen LogP contribution is 2.16. The van der Waals surface area contributed by atoms with Crippen molar-refractivity contribution in [3.8, 4) is 0 Å². The fourth-order valence-electron chi connectivity index (χ4n) is 2.07. The Bertz CT molecular complexity index is 612. The van der Waals surface area contributed by atoms with Gasteiger partial charge in [-0.2, -0.15) is 0 Å². The smallest absolute Gasteiger partial charge is 0.0946 e. The summed E-state index contributed by atoms with van der Waals surface area (Å²) < 4.78 is 2.11. The molecule has 0 fully saturated rings. The van der Waals surface area contributed by atoms with E-state index in [1.807, 2.05) is 18.7 Å². The third-order valence-electron chi connectivity index (χ3n) is 3.03. The zero-order chi connectivity index (χ0) is 11.5. The van der Waals surface area contributed by atoms with Crippen molar-refractivity contribution in [2.24, 2.45) is 0 Å².